The van der Waals surface area contributed by atoms with Gasteiger partial charge in [-0.3, -0.25) is 4.79 Å². The smallest absolute Gasteiger partial charge is 0.250 e. The third kappa shape index (κ3) is 4.56. The fraction of sp³-hybridized carbons (Fsp3) is 0.188. The van der Waals surface area contributed by atoms with Crippen LogP contribution in [0.1, 0.15) is 11.1 Å². The molecule has 0 heterocycles. The molecular formula is C16H17NO2. The van der Waals surface area contributed by atoms with E-state index in [9.17, 15) is 4.79 Å². The van der Waals surface area contributed by atoms with Gasteiger partial charge in [0.1, 0.15) is 6.61 Å². The van der Waals surface area contributed by atoms with Crippen molar-refractivity contribution in [1.29, 1.82) is 0 Å². The molecule has 0 fully saturated rings. The molecule has 0 radical (unpaired) electrons. The van der Waals surface area contributed by atoms with Crippen LogP contribution >= 0.6 is 0 Å². The third-order valence-corrected chi connectivity index (χ3v) is 2.65. The van der Waals surface area contributed by atoms with Gasteiger partial charge in [-0.15, -0.1) is 0 Å². The van der Waals surface area contributed by atoms with Crippen LogP contribution in [0.5, 0.6) is 0 Å². The van der Waals surface area contributed by atoms with E-state index in [1.165, 1.54) is 0 Å². The molecule has 1 N–H and O–H groups in total. The van der Waals surface area contributed by atoms with Gasteiger partial charge in [0, 0.05) is 5.69 Å². The SMILES string of the molecule is Cc1cccc(NC(=O)COCc2ccccc2)c1. The van der Waals surface area contributed by atoms with E-state index in [4.69, 9.17) is 4.74 Å². The quantitative estimate of drug-likeness (QED) is 0.891. The van der Waals surface area contributed by atoms with E-state index in [1.54, 1.807) is 0 Å². The standard InChI is InChI=1S/C16H17NO2/c1-13-6-5-9-15(10-13)17-16(18)12-19-11-14-7-3-2-4-8-14/h2-10H,11-12H2,1H3,(H,17,18). The average Bonchev–Trinajstić information content (AvgIpc) is 2.40. The molecule has 0 saturated carbocycles. The number of hydrogen-bond donors (Lipinski definition) is 1. The molecule has 0 aliphatic heterocycles. The highest BCUT2D eigenvalue weighted by Crippen LogP contribution is 2.09. The molecule has 3 heteroatoms. The van der Waals surface area contributed by atoms with Crippen LogP contribution in [0.2, 0.25) is 0 Å². The molecule has 0 atom stereocenters. The Bertz CT molecular complexity index is 537. The predicted octanol–water partition coefficient (Wildman–Crippen LogP) is 3.15. The molecule has 0 aliphatic carbocycles. The Hall–Kier alpha value is -2.13. The molecule has 0 saturated heterocycles. The van der Waals surface area contributed by atoms with Crippen molar-refractivity contribution in [2.45, 2.75) is 13.5 Å². The van der Waals surface area contributed by atoms with Gasteiger partial charge in [-0.1, -0.05) is 42.5 Å². The van der Waals surface area contributed by atoms with Crippen molar-refractivity contribution in [1.82, 2.24) is 0 Å². The molecule has 2 aromatic rings. The highest BCUT2D eigenvalue weighted by molar-refractivity contribution is 5.91. The summed E-state index contributed by atoms with van der Waals surface area (Å²) in [5.41, 5.74) is 2.97. The van der Waals surface area contributed by atoms with Gasteiger partial charge in [0.15, 0.2) is 0 Å². The number of hydrogen-bond acceptors (Lipinski definition) is 2. The number of nitrogens with one attached hydrogen (secondary N) is 1. The lowest BCUT2D eigenvalue weighted by Crippen LogP contribution is -2.18. The molecule has 0 spiro atoms. The number of ether oxygens (including phenoxy) is 1. The van der Waals surface area contributed by atoms with Crippen LogP contribution in [-0.2, 0) is 16.1 Å². The second kappa shape index (κ2) is 6.71. The van der Waals surface area contributed by atoms with Gasteiger partial charge in [-0.25, -0.2) is 0 Å². The van der Waals surface area contributed by atoms with E-state index < -0.39 is 0 Å². The first kappa shape index (κ1) is 13.3. The average molecular weight is 255 g/mol. The van der Waals surface area contributed by atoms with Crippen LogP contribution < -0.4 is 5.32 Å². The minimum atomic E-state index is -0.137. The van der Waals surface area contributed by atoms with Gasteiger partial charge in [-0.2, -0.15) is 0 Å². The zero-order chi connectivity index (χ0) is 13.5. The summed E-state index contributed by atoms with van der Waals surface area (Å²) >= 11 is 0. The first-order chi connectivity index (χ1) is 9.24. The zero-order valence-corrected chi connectivity index (χ0v) is 10.9. The lowest BCUT2D eigenvalue weighted by atomic mass is 10.2. The lowest BCUT2D eigenvalue weighted by molar-refractivity contribution is -0.121. The summed E-state index contributed by atoms with van der Waals surface area (Å²) in [6, 6.07) is 17.5. The number of amides is 1. The number of carbonyl (C=O) groups is 1. The molecule has 2 rings (SSSR count). The normalized spacial score (nSPS) is 10.2. The summed E-state index contributed by atoms with van der Waals surface area (Å²) < 4.78 is 5.37. The van der Waals surface area contributed by atoms with Crippen LogP contribution in [0.25, 0.3) is 0 Å². The minimum absolute atomic E-state index is 0.0584. The van der Waals surface area contributed by atoms with Crippen LogP contribution in [0.15, 0.2) is 54.6 Å². The molecule has 1 amide bonds. The third-order valence-electron chi connectivity index (χ3n) is 2.65. The fourth-order valence-electron chi connectivity index (χ4n) is 1.76. The van der Waals surface area contributed by atoms with Crippen LogP contribution in [0.4, 0.5) is 5.69 Å². The second-order valence-electron chi connectivity index (χ2n) is 4.40. The molecular weight excluding hydrogens is 238 g/mol. The maximum Gasteiger partial charge on any atom is 0.250 e. The van der Waals surface area contributed by atoms with Gasteiger partial charge in [0.2, 0.25) is 5.91 Å². The molecule has 19 heavy (non-hydrogen) atoms. The largest absolute Gasteiger partial charge is 0.367 e. The molecule has 0 aliphatic rings. The molecule has 0 bridgehead atoms. The fourth-order valence-corrected chi connectivity index (χ4v) is 1.76. The van der Waals surface area contributed by atoms with Crippen molar-refractivity contribution >= 4 is 11.6 Å². The number of aryl methyl sites for hydroxylation is 1. The molecule has 98 valence electrons. The number of carbonyl (C=O) groups excluding carboxylic acids is 1. The predicted molar refractivity (Wildman–Crippen MR) is 75.9 cm³/mol. The lowest BCUT2D eigenvalue weighted by Gasteiger charge is -2.07. The summed E-state index contributed by atoms with van der Waals surface area (Å²) in [5.74, 6) is -0.137. The Kier molecular flexibility index (Phi) is 4.70. The van der Waals surface area contributed by atoms with E-state index in [0.29, 0.717) is 6.61 Å². The maximum absolute atomic E-state index is 11.7. The molecule has 0 aromatic heterocycles. The van der Waals surface area contributed by atoms with Gasteiger partial charge >= 0.3 is 0 Å². The van der Waals surface area contributed by atoms with Crippen molar-refractivity contribution < 1.29 is 9.53 Å². The Labute approximate surface area is 113 Å². The first-order valence-corrected chi connectivity index (χ1v) is 6.22. The van der Waals surface area contributed by atoms with Crippen molar-refractivity contribution in [3.05, 3.63) is 65.7 Å². The number of anilines is 1. The zero-order valence-electron chi connectivity index (χ0n) is 10.9. The molecule has 0 unspecified atom stereocenters. The highest BCUT2D eigenvalue weighted by atomic mass is 16.5. The van der Waals surface area contributed by atoms with Gasteiger partial charge in [0.25, 0.3) is 0 Å². The Morgan fingerprint density at radius 1 is 1.11 bits per heavy atom. The first-order valence-electron chi connectivity index (χ1n) is 6.22. The van der Waals surface area contributed by atoms with Crippen LogP contribution in [0, 0.1) is 6.92 Å². The summed E-state index contributed by atoms with van der Waals surface area (Å²) in [6.07, 6.45) is 0. The van der Waals surface area contributed by atoms with E-state index >= 15 is 0 Å². The minimum Gasteiger partial charge on any atom is -0.367 e. The van der Waals surface area contributed by atoms with Crippen LogP contribution in [0.3, 0.4) is 0 Å². The molecule has 2 aromatic carbocycles. The van der Waals surface area contributed by atoms with E-state index in [0.717, 1.165) is 16.8 Å². The number of benzene rings is 2. The summed E-state index contributed by atoms with van der Waals surface area (Å²) in [7, 11) is 0. The topological polar surface area (TPSA) is 38.3 Å². The van der Waals surface area contributed by atoms with Gasteiger partial charge in [0.05, 0.1) is 6.61 Å². The van der Waals surface area contributed by atoms with Crippen LogP contribution in [-0.4, -0.2) is 12.5 Å². The van der Waals surface area contributed by atoms with E-state index in [2.05, 4.69) is 5.32 Å². The summed E-state index contributed by atoms with van der Waals surface area (Å²) in [4.78, 5) is 11.7. The summed E-state index contributed by atoms with van der Waals surface area (Å²) in [6.45, 7) is 2.49. The Morgan fingerprint density at radius 2 is 1.89 bits per heavy atom. The van der Waals surface area contributed by atoms with Crippen molar-refractivity contribution in [3.8, 4) is 0 Å². The monoisotopic (exact) mass is 255 g/mol. The Balaban J connectivity index is 1.76. The van der Waals surface area contributed by atoms with Crippen molar-refractivity contribution in [3.63, 3.8) is 0 Å². The summed E-state index contributed by atoms with van der Waals surface area (Å²) in [5, 5.41) is 2.81. The van der Waals surface area contributed by atoms with Gasteiger partial charge in [-0.05, 0) is 30.2 Å². The highest BCUT2D eigenvalue weighted by Gasteiger charge is 2.02. The van der Waals surface area contributed by atoms with E-state index in [1.807, 2.05) is 61.5 Å². The van der Waals surface area contributed by atoms with E-state index in [-0.39, 0.29) is 12.5 Å². The maximum atomic E-state index is 11.7. The van der Waals surface area contributed by atoms with Crippen molar-refractivity contribution in [2.75, 3.05) is 11.9 Å². The Morgan fingerprint density at radius 3 is 2.63 bits per heavy atom. The van der Waals surface area contributed by atoms with Crippen molar-refractivity contribution in [2.24, 2.45) is 0 Å². The molecule has 3 nitrogen and oxygen atoms in total. The number of rotatable bonds is 5. The van der Waals surface area contributed by atoms with Gasteiger partial charge < -0.3 is 10.1 Å². The second-order valence-corrected chi connectivity index (χ2v) is 4.40.